The topological polar surface area (TPSA) is 19.4 Å². The van der Waals surface area contributed by atoms with Crippen LogP contribution in [0.3, 0.4) is 0 Å². The number of hydrogen-bond donors (Lipinski definition) is 0. The predicted octanol–water partition coefficient (Wildman–Crippen LogP) is 2.29. The van der Waals surface area contributed by atoms with Crippen molar-refractivity contribution in [1.82, 2.24) is 9.88 Å². The van der Waals surface area contributed by atoms with E-state index in [1.54, 1.807) is 11.3 Å². The third-order valence-corrected chi connectivity index (χ3v) is 4.48. The van der Waals surface area contributed by atoms with Gasteiger partial charge in [-0.2, -0.15) is 0 Å². The normalized spacial score (nSPS) is 22.2. The molecule has 0 saturated carbocycles. The number of halogens is 1. The van der Waals surface area contributed by atoms with Crippen LogP contribution < -0.4 is 4.90 Å². The minimum absolute atomic E-state index is 0.794. The van der Waals surface area contributed by atoms with Gasteiger partial charge in [-0.05, 0) is 41.9 Å². The summed E-state index contributed by atoms with van der Waals surface area (Å²) in [5, 5.41) is 3.14. The van der Waals surface area contributed by atoms with Crippen LogP contribution in [0.1, 0.15) is 6.42 Å². The number of thiazole rings is 1. The average Bonchev–Trinajstić information content (AvgIpc) is 2.75. The van der Waals surface area contributed by atoms with Gasteiger partial charge in [-0.25, -0.2) is 4.98 Å². The van der Waals surface area contributed by atoms with Crippen molar-refractivity contribution in [2.24, 2.45) is 5.92 Å². The first kappa shape index (κ1) is 11.4. The van der Waals surface area contributed by atoms with E-state index in [0.29, 0.717) is 0 Å². The van der Waals surface area contributed by atoms with Crippen molar-refractivity contribution < 1.29 is 0 Å². The molecule has 1 atom stereocenters. The zero-order chi connectivity index (χ0) is 10.8. The van der Waals surface area contributed by atoms with E-state index in [-0.39, 0.29) is 0 Å². The third kappa shape index (κ3) is 2.92. The summed E-state index contributed by atoms with van der Waals surface area (Å²) in [7, 11) is 4.32. The Labute approximate surface area is 103 Å². The summed E-state index contributed by atoms with van der Waals surface area (Å²) in [6.07, 6.45) is 1.31. The maximum absolute atomic E-state index is 4.42. The molecule has 1 saturated heterocycles. The van der Waals surface area contributed by atoms with Crippen molar-refractivity contribution in [3.8, 4) is 0 Å². The molecule has 0 amide bonds. The van der Waals surface area contributed by atoms with Gasteiger partial charge in [0.25, 0.3) is 0 Å². The molecule has 0 spiro atoms. The fourth-order valence-corrected chi connectivity index (χ4v) is 3.29. The lowest BCUT2D eigenvalue weighted by atomic mass is 10.1. The number of rotatable bonds is 3. The molecule has 2 heterocycles. The van der Waals surface area contributed by atoms with E-state index >= 15 is 0 Å². The Morgan fingerprint density at radius 3 is 3.07 bits per heavy atom. The van der Waals surface area contributed by atoms with Crippen LogP contribution in [-0.4, -0.2) is 43.6 Å². The fraction of sp³-hybridized carbons (Fsp3) is 0.700. The Morgan fingerprint density at radius 2 is 2.53 bits per heavy atom. The van der Waals surface area contributed by atoms with Crippen molar-refractivity contribution in [1.29, 1.82) is 0 Å². The van der Waals surface area contributed by atoms with E-state index in [1.807, 2.05) is 5.38 Å². The second-order valence-corrected chi connectivity index (χ2v) is 5.90. The molecule has 1 aliphatic rings. The molecule has 84 valence electrons. The first-order valence-electron chi connectivity index (χ1n) is 5.16. The van der Waals surface area contributed by atoms with Crippen molar-refractivity contribution in [3.05, 3.63) is 9.98 Å². The molecular formula is C10H16BrN3S. The van der Waals surface area contributed by atoms with Gasteiger partial charge < -0.3 is 9.80 Å². The first-order valence-corrected chi connectivity index (χ1v) is 6.83. The second-order valence-electron chi connectivity index (χ2n) is 4.25. The molecule has 0 bridgehead atoms. The summed E-state index contributed by atoms with van der Waals surface area (Å²) >= 11 is 5.08. The van der Waals surface area contributed by atoms with Crippen molar-refractivity contribution in [2.75, 3.05) is 38.6 Å². The molecule has 15 heavy (non-hydrogen) atoms. The predicted molar refractivity (Wildman–Crippen MR) is 68.7 cm³/mol. The summed E-state index contributed by atoms with van der Waals surface area (Å²) in [6.45, 7) is 3.57. The first-order chi connectivity index (χ1) is 7.15. The highest BCUT2D eigenvalue weighted by molar-refractivity contribution is 9.10. The molecule has 0 aliphatic carbocycles. The van der Waals surface area contributed by atoms with Gasteiger partial charge in [0.2, 0.25) is 0 Å². The minimum Gasteiger partial charge on any atom is -0.351 e. The summed E-state index contributed by atoms with van der Waals surface area (Å²) in [6, 6.07) is 0. The van der Waals surface area contributed by atoms with Crippen molar-refractivity contribution in [2.45, 2.75) is 6.42 Å². The van der Waals surface area contributed by atoms with Gasteiger partial charge in [0.1, 0.15) is 4.60 Å². The lowest BCUT2D eigenvalue weighted by Gasteiger charge is -2.20. The van der Waals surface area contributed by atoms with E-state index in [4.69, 9.17) is 0 Å². The molecule has 2 rings (SSSR count). The quantitative estimate of drug-likeness (QED) is 0.851. The van der Waals surface area contributed by atoms with E-state index < -0.39 is 0 Å². The summed E-state index contributed by atoms with van der Waals surface area (Å²) in [5.41, 5.74) is 0. The Hall–Kier alpha value is -0.130. The average molecular weight is 290 g/mol. The molecule has 0 N–H and O–H groups in total. The molecule has 0 radical (unpaired) electrons. The van der Waals surface area contributed by atoms with Crippen molar-refractivity contribution >= 4 is 32.4 Å². The van der Waals surface area contributed by atoms with E-state index in [2.05, 4.69) is 44.8 Å². The van der Waals surface area contributed by atoms with Gasteiger partial charge in [-0.1, -0.05) is 0 Å². The lowest BCUT2D eigenvalue weighted by molar-refractivity contribution is 0.396. The number of aromatic nitrogens is 1. The Kier molecular flexibility index (Phi) is 3.64. The zero-order valence-corrected chi connectivity index (χ0v) is 11.5. The van der Waals surface area contributed by atoms with E-state index in [0.717, 1.165) is 22.2 Å². The molecule has 1 aliphatic heterocycles. The van der Waals surface area contributed by atoms with E-state index in [1.165, 1.54) is 19.5 Å². The molecule has 0 aromatic carbocycles. The SMILES string of the molecule is CN1CCC(CN(C)c2nc(Br)cs2)C1. The maximum Gasteiger partial charge on any atom is 0.186 e. The van der Waals surface area contributed by atoms with Crippen LogP contribution in [-0.2, 0) is 0 Å². The minimum atomic E-state index is 0.794. The summed E-state index contributed by atoms with van der Waals surface area (Å²) in [5.74, 6) is 0.794. The van der Waals surface area contributed by atoms with Gasteiger partial charge >= 0.3 is 0 Å². The van der Waals surface area contributed by atoms with Crippen LogP contribution in [0, 0.1) is 5.92 Å². The second kappa shape index (κ2) is 4.80. The zero-order valence-electron chi connectivity index (χ0n) is 9.11. The van der Waals surface area contributed by atoms with Crippen molar-refractivity contribution in [3.63, 3.8) is 0 Å². The fourth-order valence-electron chi connectivity index (χ4n) is 2.06. The summed E-state index contributed by atoms with van der Waals surface area (Å²) < 4.78 is 0.942. The largest absolute Gasteiger partial charge is 0.351 e. The molecule has 5 heteroatoms. The van der Waals surface area contributed by atoms with E-state index in [9.17, 15) is 0 Å². The van der Waals surface area contributed by atoms with Gasteiger partial charge in [0.05, 0.1) is 0 Å². The smallest absolute Gasteiger partial charge is 0.186 e. The third-order valence-electron chi connectivity index (χ3n) is 2.81. The standard InChI is InChI=1S/C10H16BrN3S/c1-13-4-3-8(5-13)6-14(2)10-12-9(11)7-15-10/h7-8H,3-6H2,1-2H3. The van der Waals surface area contributed by atoms with Crippen LogP contribution in [0.15, 0.2) is 9.98 Å². The van der Waals surface area contributed by atoms with Gasteiger partial charge in [-0.15, -0.1) is 11.3 Å². The van der Waals surface area contributed by atoms with Gasteiger partial charge in [0, 0.05) is 25.5 Å². The number of anilines is 1. The monoisotopic (exact) mass is 289 g/mol. The highest BCUT2D eigenvalue weighted by Gasteiger charge is 2.21. The van der Waals surface area contributed by atoms with Crippen LogP contribution in [0.4, 0.5) is 5.13 Å². The summed E-state index contributed by atoms with van der Waals surface area (Å²) in [4.78, 5) is 9.08. The Morgan fingerprint density at radius 1 is 1.73 bits per heavy atom. The van der Waals surface area contributed by atoms with Gasteiger partial charge in [0.15, 0.2) is 5.13 Å². The Balaban J connectivity index is 1.89. The molecular weight excluding hydrogens is 274 g/mol. The Bertz CT molecular complexity index is 328. The number of likely N-dealkylation sites (tertiary alicyclic amines) is 1. The van der Waals surface area contributed by atoms with Crippen LogP contribution in [0.25, 0.3) is 0 Å². The highest BCUT2D eigenvalue weighted by atomic mass is 79.9. The molecule has 1 aromatic heterocycles. The molecule has 1 fully saturated rings. The maximum atomic E-state index is 4.42. The number of hydrogen-bond acceptors (Lipinski definition) is 4. The van der Waals surface area contributed by atoms with Crippen LogP contribution >= 0.6 is 27.3 Å². The van der Waals surface area contributed by atoms with Crippen LogP contribution in [0.5, 0.6) is 0 Å². The highest BCUT2D eigenvalue weighted by Crippen LogP contribution is 2.24. The number of nitrogens with zero attached hydrogens (tertiary/aromatic N) is 3. The molecule has 3 nitrogen and oxygen atoms in total. The van der Waals surface area contributed by atoms with Crippen LogP contribution in [0.2, 0.25) is 0 Å². The molecule has 1 aromatic rings. The lowest BCUT2D eigenvalue weighted by Crippen LogP contribution is -2.27. The molecule has 1 unspecified atom stereocenters. The van der Waals surface area contributed by atoms with Gasteiger partial charge in [-0.3, -0.25) is 0 Å².